The molecule has 0 aliphatic carbocycles. The average molecular weight is 375 g/mol. The minimum atomic E-state index is -0.472. The first kappa shape index (κ1) is 17.8. The Labute approximate surface area is 161 Å². The standard InChI is InChI=1S/C21H21N5O2/c1-14-8-6-7-11-16(14)22-12-17-23-19-18(20(27)24-21(28)25(19)2)26(17)13-15-9-4-3-5-10-15/h3-11,22H,12-13H2,1-2H3,(H,24,27,28). The third kappa shape index (κ3) is 3.22. The van der Waals surface area contributed by atoms with Crippen LogP contribution in [0.5, 0.6) is 0 Å². The minimum absolute atomic E-state index is 0.381. The van der Waals surface area contributed by atoms with Gasteiger partial charge in [0.15, 0.2) is 11.2 Å². The van der Waals surface area contributed by atoms with Gasteiger partial charge in [-0.05, 0) is 24.1 Å². The van der Waals surface area contributed by atoms with Crippen molar-refractivity contribution >= 4 is 16.9 Å². The summed E-state index contributed by atoms with van der Waals surface area (Å²) in [6, 6.07) is 17.9. The molecule has 0 fully saturated rings. The molecule has 4 rings (SSSR count). The molecule has 0 aliphatic rings. The highest BCUT2D eigenvalue weighted by molar-refractivity contribution is 5.71. The number of fused-ring (bicyclic) bond motifs is 1. The molecule has 0 aliphatic heterocycles. The van der Waals surface area contributed by atoms with Crippen molar-refractivity contribution in [2.24, 2.45) is 7.05 Å². The van der Waals surface area contributed by atoms with Gasteiger partial charge in [-0.2, -0.15) is 0 Å². The van der Waals surface area contributed by atoms with Crippen LogP contribution in [0.2, 0.25) is 0 Å². The number of hydrogen-bond donors (Lipinski definition) is 2. The van der Waals surface area contributed by atoms with Gasteiger partial charge in [0.25, 0.3) is 5.56 Å². The summed E-state index contributed by atoms with van der Waals surface area (Å²) in [5.74, 6) is 0.689. The lowest BCUT2D eigenvalue weighted by Gasteiger charge is -2.12. The Morgan fingerprint density at radius 3 is 2.50 bits per heavy atom. The fourth-order valence-electron chi connectivity index (χ4n) is 3.30. The van der Waals surface area contributed by atoms with Crippen molar-refractivity contribution in [2.75, 3.05) is 5.32 Å². The molecule has 7 heteroatoms. The van der Waals surface area contributed by atoms with Gasteiger partial charge in [0.2, 0.25) is 0 Å². The molecule has 28 heavy (non-hydrogen) atoms. The number of aryl methyl sites for hydroxylation is 2. The molecule has 0 amide bonds. The van der Waals surface area contributed by atoms with Gasteiger partial charge in [-0.1, -0.05) is 48.5 Å². The molecule has 0 radical (unpaired) electrons. The number of aromatic nitrogens is 4. The quantitative estimate of drug-likeness (QED) is 0.561. The molecule has 2 heterocycles. The highest BCUT2D eigenvalue weighted by Gasteiger charge is 2.17. The van der Waals surface area contributed by atoms with Crippen LogP contribution in [0.15, 0.2) is 64.2 Å². The highest BCUT2D eigenvalue weighted by Crippen LogP contribution is 2.17. The number of benzene rings is 2. The van der Waals surface area contributed by atoms with Crippen molar-refractivity contribution in [3.05, 3.63) is 92.4 Å². The van der Waals surface area contributed by atoms with Crippen LogP contribution < -0.4 is 16.6 Å². The molecule has 0 unspecified atom stereocenters. The number of aromatic amines is 1. The molecule has 2 aromatic heterocycles. The molecular weight excluding hydrogens is 354 g/mol. The number of anilines is 1. The van der Waals surface area contributed by atoms with E-state index in [4.69, 9.17) is 0 Å². The summed E-state index contributed by atoms with van der Waals surface area (Å²) >= 11 is 0. The van der Waals surface area contributed by atoms with Crippen LogP contribution in [-0.2, 0) is 20.1 Å². The first-order chi connectivity index (χ1) is 13.5. The second kappa shape index (κ2) is 7.19. The Balaban J connectivity index is 1.82. The first-order valence-corrected chi connectivity index (χ1v) is 9.06. The summed E-state index contributed by atoms with van der Waals surface area (Å²) < 4.78 is 3.24. The maximum atomic E-state index is 12.6. The zero-order valence-corrected chi connectivity index (χ0v) is 15.8. The molecule has 0 saturated heterocycles. The number of para-hydroxylation sites is 1. The molecule has 7 nitrogen and oxygen atoms in total. The predicted octanol–water partition coefficient (Wildman–Crippen LogP) is 2.39. The zero-order chi connectivity index (χ0) is 19.7. The van der Waals surface area contributed by atoms with Crippen molar-refractivity contribution in [3.63, 3.8) is 0 Å². The van der Waals surface area contributed by atoms with Crippen molar-refractivity contribution in [3.8, 4) is 0 Å². The highest BCUT2D eigenvalue weighted by atomic mass is 16.2. The van der Waals surface area contributed by atoms with Crippen LogP contribution >= 0.6 is 0 Å². The van der Waals surface area contributed by atoms with Crippen LogP contribution in [0.3, 0.4) is 0 Å². The molecule has 0 saturated carbocycles. The Morgan fingerprint density at radius 2 is 1.75 bits per heavy atom. The average Bonchev–Trinajstić information content (AvgIpc) is 3.05. The van der Waals surface area contributed by atoms with Crippen LogP contribution in [0.1, 0.15) is 17.0 Å². The number of H-pyrrole nitrogens is 1. The van der Waals surface area contributed by atoms with E-state index in [1.54, 1.807) is 7.05 Å². The number of rotatable bonds is 5. The van der Waals surface area contributed by atoms with E-state index in [9.17, 15) is 9.59 Å². The maximum absolute atomic E-state index is 12.6. The lowest BCUT2D eigenvalue weighted by Crippen LogP contribution is -2.29. The van der Waals surface area contributed by atoms with E-state index in [1.165, 1.54) is 4.57 Å². The lowest BCUT2D eigenvalue weighted by atomic mass is 10.2. The molecule has 0 bridgehead atoms. The summed E-state index contributed by atoms with van der Waals surface area (Å²) in [6.45, 7) is 2.95. The van der Waals surface area contributed by atoms with Crippen LogP contribution in [0.4, 0.5) is 5.69 Å². The third-order valence-corrected chi connectivity index (χ3v) is 4.85. The normalized spacial score (nSPS) is 11.1. The largest absolute Gasteiger partial charge is 0.378 e. The summed E-state index contributed by atoms with van der Waals surface area (Å²) in [5, 5.41) is 3.39. The van der Waals surface area contributed by atoms with Gasteiger partial charge in [-0.3, -0.25) is 14.3 Å². The van der Waals surface area contributed by atoms with Crippen molar-refractivity contribution < 1.29 is 0 Å². The fourth-order valence-corrected chi connectivity index (χ4v) is 3.30. The monoisotopic (exact) mass is 375 g/mol. The van der Waals surface area contributed by atoms with E-state index in [1.807, 2.05) is 66.1 Å². The SMILES string of the molecule is Cc1ccccc1NCc1nc2c(c(=O)[nH]c(=O)n2C)n1Cc1ccccc1. The molecule has 2 aromatic carbocycles. The van der Waals surface area contributed by atoms with Crippen LogP contribution in [0, 0.1) is 6.92 Å². The Morgan fingerprint density at radius 1 is 1.04 bits per heavy atom. The summed E-state index contributed by atoms with van der Waals surface area (Å²) in [4.78, 5) is 31.5. The first-order valence-electron chi connectivity index (χ1n) is 9.06. The van der Waals surface area contributed by atoms with Gasteiger partial charge in [-0.15, -0.1) is 0 Å². The van der Waals surface area contributed by atoms with Gasteiger partial charge in [0.05, 0.1) is 6.54 Å². The topological polar surface area (TPSA) is 84.7 Å². The van der Waals surface area contributed by atoms with Crippen molar-refractivity contribution in [1.82, 2.24) is 19.1 Å². The fraction of sp³-hybridized carbons (Fsp3) is 0.190. The van der Waals surface area contributed by atoms with Crippen LogP contribution in [0.25, 0.3) is 11.2 Å². The van der Waals surface area contributed by atoms with E-state index < -0.39 is 11.2 Å². The van der Waals surface area contributed by atoms with Gasteiger partial charge < -0.3 is 9.88 Å². The molecule has 142 valence electrons. The summed E-state index contributed by atoms with van der Waals surface area (Å²) in [5.41, 5.74) is 3.05. The van der Waals surface area contributed by atoms with Gasteiger partial charge in [0, 0.05) is 19.3 Å². The molecule has 0 spiro atoms. The second-order valence-electron chi connectivity index (χ2n) is 6.76. The molecule has 2 N–H and O–H groups in total. The molecule has 0 atom stereocenters. The third-order valence-electron chi connectivity index (χ3n) is 4.85. The number of nitrogens with zero attached hydrogens (tertiary/aromatic N) is 3. The van der Waals surface area contributed by atoms with Gasteiger partial charge in [-0.25, -0.2) is 9.78 Å². The summed E-state index contributed by atoms with van der Waals surface area (Å²) in [6.07, 6.45) is 0. The van der Waals surface area contributed by atoms with Crippen molar-refractivity contribution in [2.45, 2.75) is 20.0 Å². The predicted molar refractivity (Wildman–Crippen MR) is 110 cm³/mol. The minimum Gasteiger partial charge on any atom is -0.378 e. The number of nitrogens with one attached hydrogen (secondary N) is 2. The Hall–Kier alpha value is -3.61. The number of hydrogen-bond acceptors (Lipinski definition) is 4. The Kier molecular flexibility index (Phi) is 4.57. The molecular formula is C21H21N5O2. The zero-order valence-electron chi connectivity index (χ0n) is 15.8. The second-order valence-corrected chi connectivity index (χ2v) is 6.76. The summed E-state index contributed by atoms with van der Waals surface area (Å²) in [7, 11) is 1.61. The maximum Gasteiger partial charge on any atom is 0.329 e. The van der Waals surface area contributed by atoms with E-state index in [2.05, 4.69) is 15.3 Å². The van der Waals surface area contributed by atoms with Gasteiger partial charge in [0.1, 0.15) is 5.82 Å². The van der Waals surface area contributed by atoms with Gasteiger partial charge >= 0.3 is 5.69 Å². The van der Waals surface area contributed by atoms with E-state index in [0.717, 1.165) is 16.8 Å². The van der Waals surface area contributed by atoms with Crippen molar-refractivity contribution in [1.29, 1.82) is 0 Å². The molecule has 4 aromatic rings. The smallest absolute Gasteiger partial charge is 0.329 e. The van der Waals surface area contributed by atoms with E-state index in [-0.39, 0.29) is 0 Å². The lowest BCUT2D eigenvalue weighted by molar-refractivity contribution is 0.753. The Bertz CT molecular complexity index is 1250. The number of imidazole rings is 1. The van der Waals surface area contributed by atoms with E-state index in [0.29, 0.717) is 30.1 Å². The van der Waals surface area contributed by atoms with E-state index >= 15 is 0 Å². The van der Waals surface area contributed by atoms with Crippen LogP contribution in [-0.4, -0.2) is 19.1 Å².